The zero-order chi connectivity index (χ0) is 11.3. The first kappa shape index (κ1) is 12.1. The number of rotatable bonds is 1. The third kappa shape index (κ3) is 3.26. The molecule has 1 fully saturated rings. The van der Waals surface area contributed by atoms with E-state index in [0.29, 0.717) is 0 Å². The molecule has 2 rings (SSSR count). The molecule has 0 aromatic carbocycles. The Bertz CT molecular complexity index is 238. The number of ether oxygens (including phenoxy) is 1. The van der Waals surface area contributed by atoms with Crippen molar-refractivity contribution in [2.45, 2.75) is 24.6 Å². The molecular formula is C8H14N2O5. The van der Waals surface area contributed by atoms with Gasteiger partial charge in [-0.25, -0.2) is 0 Å². The van der Waals surface area contributed by atoms with Crippen molar-refractivity contribution in [3.8, 4) is 0 Å². The van der Waals surface area contributed by atoms with Gasteiger partial charge in [0.2, 0.25) is 0 Å². The molecule has 0 bridgehead atoms. The summed E-state index contributed by atoms with van der Waals surface area (Å²) in [6.45, 7) is -0.407. The SMILES string of the molecule is OC[C@H]1OC(O)[C@H](O)[C@@H]1O.c1cn[nH]c1. The van der Waals surface area contributed by atoms with Crippen molar-refractivity contribution >= 4 is 0 Å². The molecule has 15 heavy (non-hydrogen) atoms. The van der Waals surface area contributed by atoms with E-state index < -0.39 is 31.2 Å². The molecule has 7 heteroatoms. The molecule has 5 N–H and O–H groups in total. The van der Waals surface area contributed by atoms with Crippen molar-refractivity contribution in [3.63, 3.8) is 0 Å². The second-order valence-corrected chi connectivity index (χ2v) is 3.00. The van der Waals surface area contributed by atoms with Gasteiger partial charge in [-0.05, 0) is 6.07 Å². The third-order valence-corrected chi connectivity index (χ3v) is 1.92. The molecule has 4 atom stereocenters. The Morgan fingerprint density at radius 2 is 2.00 bits per heavy atom. The molecule has 1 aromatic heterocycles. The van der Waals surface area contributed by atoms with Crippen LogP contribution in [0.2, 0.25) is 0 Å². The highest BCUT2D eigenvalue weighted by atomic mass is 16.6. The third-order valence-electron chi connectivity index (χ3n) is 1.92. The maximum Gasteiger partial charge on any atom is 0.184 e. The van der Waals surface area contributed by atoms with E-state index in [2.05, 4.69) is 14.9 Å². The number of hydrogen-bond acceptors (Lipinski definition) is 6. The Kier molecular flexibility index (Phi) is 4.66. The first-order valence-electron chi connectivity index (χ1n) is 4.41. The van der Waals surface area contributed by atoms with Gasteiger partial charge in [0.15, 0.2) is 6.29 Å². The molecule has 0 spiro atoms. The quantitative estimate of drug-likeness (QED) is 0.366. The largest absolute Gasteiger partial charge is 0.394 e. The molecule has 86 valence electrons. The Hall–Kier alpha value is -0.990. The zero-order valence-corrected chi connectivity index (χ0v) is 7.89. The van der Waals surface area contributed by atoms with Crippen molar-refractivity contribution in [1.82, 2.24) is 10.2 Å². The van der Waals surface area contributed by atoms with Crippen molar-refractivity contribution in [2.75, 3.05) is 6.61 Å². The summed E-state index contributed by atoms with van der Waals surface area (Å²) in [6, 6.07) is 1.83. The van der Waals surface area contributed by atoms with Crippen LogP contribution in [0.5, 0.6) is 0 Å². The van der Waals surface area contributed by atoms with Crippen molar-refractivity contribution in [3.05, 3.63) is 18.5 Å². The van der Waals surface area contributed by atoms with Gasteiger partial charge in [-0.1, -0.05) is 0 Å². The van der Waals surface area contributed by atoms with E-state index in [1.807, 2.05) is 6.07 Å². The van der Waals surface area contributed by atoms with Gasteiger partial charge in [-0.15, -0.1) is 0 Å². The molecule has 7 nitrogen and oxygen atoms in total. The average molecular weight is 218 g/mol. The topological polar surface area (TPSA) is 119 Å². The summed E-state index contributed by atoms with van der Waals surface area (Å²) in [5, 5.41) is 41.2. The first-order chi connectivity index (χ1) is 7.16. The number of H-pyrrole nitrogens is 1. The molecule has 1 aliphatic rings. The van der Waals surface area contributed by atoms with Gasteiger partial charge in [0.05, 0.1) is 6.61 Å². The van der Waals surface area contributed by atoms with Crippen LogP contribution >= 0.6 is 0 Å². The summed E-state index contributed by atoms with van der Waals surface area (Å²) in [6.07, 6.45) is -1.30. The van der Waals surface area contributed by atoms with Crippen molar-refractivity contribution in [1.29, 1.82) is 0 Å². The molecule has 1 aliphatic heterocycles. The Labute approximate surface area is 85.9 Å². The predicted octanol–water partition coefficient (Wildman–Crippen LogP) is -2.17. The van der Waals surface area contributed by atoms with E-state index in [1.165, 1.54) is 0 Å². The summed E-state index contributed by atoms with van der Waals surface area (Å²) < 4.78 is 4.54. The lowest BCUT2D eigenvalue weighted by Crippen LogP contribution is -2.33. The fraction of sp³-hybridized carbons (Fsp3) is 0.625. The van der Waals surface area contributed by atoms with Gasteiger partial charge in [-0.2, -0.15) is 5.10 Å². The number of aromatic nitrogens is 2. The van der Waals surface area contributed by atoms with Crippen LogP contribution in [-0.2, 0) is 4.74 Å². The van der Waals surface area contributed by atoms with Gasteiger partial charge < -0.3 is 25.2 Å². The van der Waals surface area contributed by atoms with Crippen LogP contribution in [0.3, 0.4) is 0 Å². The second-order valence-electron chi connectivity index (χ2n) is 3.00. The number of aliphatic hydroxyl groups excluding tert-OH is 4. The van der Waals surface area contributed by atoms with Gasteiger partial charge in [0, 0.05) is 12.4 Å². The lowest BCUT2D eigenvalue weighted by molar-refractivity contribution is -0.132. The maximum atomic E-state index is 8.93. The van der Waals surface area contributed by atoms with Gasteiger partial charge in [-0.3, -0.25) is 5.10 Å². The Balaban J connectivity index is 0.000000187. The molecular weight excluding hydrogens is 204 g/mol. The maximum absolute atomic E-state index is 8.93. The minimum absolute atomic E-state index is 0.407. The molecule has 1 saturated heterocycles. The van der Waals surface area contributed by atoms with E-state index in [4.69, 9.17) is 20.4 Å². The van der Waals surface area contributed by atoms with Crippen LogP contribution < -0.4 is 0 Å². The van der Waals surface area contributed by atoms with Gasteiger partial charge in [0.25, 0.3) is 0 Å². The van der Waals surface area contributed by atoms with E-state index in [9.17, 15) is 0 Å². The highest BCUT2D eigenvalue weighted by Crippen LogP contribution is 2.18. The standard InChI is InChI=1S/C5H10O5.C3H4N2/c6-1-2-3(7)4(8)5(9)10-2;1-2-4-5-3-1/h2-9H,1H2;1-3H,(H,4,5)/t2-,3-,4-,5?;/m1./s1. The van der Waals surface area contributed by atoms with E-state index in [-0.39, 0.29) is 0 Å². The minimum atomic E-state index is -1.38. The van der Waals surface area contributed by atoms with Crippen molar-refractivity contribution in [2.24, 2.45) is 0 Å². The van der Waals surface area contributed by atoms with E-state index >= 15 is 0 Å². The van der Waals surface area contributed by atoms with Crippen LogP contribution in [0.1, 0.15) is 0 Å². The molecule has 0 aliphatic carbocycles. The van der Waals surface area contributed by atoms with Gasteiger partial charge >= 0.3 is 0 Å². The zero-order valence-electron chi connectivity index (χ0n) is 7.89. The number of aromatic amines is 1. The van der Waals surface area contributed by atoms with Crippen LogP contribution in [0.25, 0.3) is 0 Å². The number of nitrogens with zero attached hydrogens (tertiary/aromatic N) is 1. The number of aliphatic hydroxyl groups is 4. The lowest BCUT2D eigenvalue weighted by atomic mass is 10.1. The van der Waals surface area contributed by atoms with E-state index in [1.54, 1.807) is 12.4 Å². The van der Waals surface area contributed by atoms with Crippen LogP contribution in [0.4, 0.5) is 0 Å². The number of nitrogens with one attached hydrogen (secondary N) is 1. The monoisotopic (exact) mass is 218 g/mol. The minimum Gasteiger partial charge on any atom is -0.394 e. The molecule has 1 unspecified atom stereocenters. The Morgan fingerprint density at radius 3 is 2.20 bits per heavy atom. The Morgan fingerprint density at radius 1 is 1.27 bits per heavy atom. The van der Waals surface area contributed by atoms with Crippen LogP contribution in [-0.4, -0.2) is 61.8 Å². The molecule has 0 amide bonds. The lowest BCUT2D eigenvalue weighted by Gasteiger charge is -2.09. The average Bonchev–Trinajstić information content (AvgIpc) is 2.87. The highest BCUT2D eigenvalue weighted by molar-refractivity contribution is 4.84. The molecule has 1 aromatic rings. The summed E-state index contributed by atoms with van der Waals surface area (Å²) in [5.41, 5.74) is 0. The normalized spacial score (nSPS) is 34.7. The molecule has 0 radical (unpaired) electrons. The van der Waals surface area contributed by atoms with Gasteiger partial charge in [0.1, 0.15) is 18.3 Å². The van der Waals surface area contributed by atoms with E-state index in [0.717, 1.165) is 0 Å². The molecule has 0 saturated carbocycles. The fourth-order valence-corrected chi connectivity index (χ4v) is 1.09. The van der Waals surface area contributed by atoms with Crippen LogP contribution in [0, 0.1) is 0 Å². The number of hydrogen-bond donors (Lipinski definition) is 5. The molecule has 2 heterocycles. The summed E-state index contributed by atoms with van der Waals surface area (Å²) >= 11 is 0. The second kappa shape index (κ2) is 5.79. The van der Waals surface area contributed by atoms with Crippen LogP contribution in [0.15, 0.2) is 18.5 Å². The summed E-state index contributed by atoms with van der Waals surface area (Å²) in [5.74, 6) is 0. The predicted molar refractivity (Wildman–Crippen MR) is 48.6 cm³/mol. The summed E-state index contributed by atoms with van der Waals surface area (Å²) in [7, 11) is 0. The smallest absolute Gasteiger partial charge is 0.184 e. The summed E-state index contributed by atoms with van der Waals surface area (Å²) in [4.78, 5) is 0. The first-order valence-corrected chi connectivity index (χ1v) is 4.41. The van der Waals surface area contributed by atoms with Crippen molar-refractivity contribution < 1.29 is 25.2 Å². The fourth-order valence-electron chi connectivity index (χ4n) is 1.09. The highest BCUT2D eigenvalue weighted by Gasteiger charge is 2.41.